The number of hydrogen-bond donors (Lipinski definition) is 3. The molecule has 1 atom stereocenters. The first kappa shape index (κ1) is 20.1. The van der Waals surface area contributed by atoms with Crippen LogP contribution in [0.15, 0.2) is 0 Å². The van der Waals surface area contributed by atoms with E-state index in [1.54, 1.807) is 7.05 Å². The zero-order valence-electron chi connectivity index (χ0n) is 9.18. The van der Waals surface area contributed by atoms with E-state index < -0.39 is 0 Å². The molecule has 0 rings (SSSR count). The topological polar surface area (TPSA) is 67.2 Å². The maximum Gasteiger partial charge on any atom is 0 e. The molecule has 83 valence electrons. The minimum Gasteiger partial charge on any atom is -0.540 e. The minimum atomic E-state index is -0.0770. The maximum absolute atomic E-state index is 10.2. The van der Waals surface area contributed by atoms with Crippen molar-refractivity contribution in [3.05, 3.63) is 7.05 Å². The molecule has 0 spiro atoms. The molecule has 0 amide bonds. The third-order valence-electron chi connectivity index (χ3n) is 1.66. The largest absolute Gasteiger partial charge is 0.540 e. The van der Waals surface area contributed by atoms with Crippen molar-refractivity contribution in [2.45, 2.75) is 25.3 Å². The molecule has 1 radical (unpaired) electrons. The Morgan fingerprint density at radius 1 is 1.36 bits per heavy atom. The van der Waals surface area contributed by atoms with Gasteiger partial charge >= 0.3 is 0 Å². The second-order valence-electron chi connectivity index (χ2n) is 2.56. The van der Waals surface area contributed by atoms with Gasteiger partial charge in [-0.2, -0.15) is 0 Å². The fraction of sp³-hybridized carbons (Fsp3) is 0.778. The van der Waals surface area contributed by atoms with Crippen LogP contribution in [0.4, 0.5) is 0 Å². The molecule has 0 aliphatic heterocycles. The normalized spacial score (nSPS) is 10.6. The molecule has 4 nitrogen and oxygen atoms in total. The van der Waals surface area contributed by atoms with Gasteiger partial charge in [0.2, 0.25) is 0 Å². The predicted molar refractivity (Wildman–Crippen MR) is 55.9 cm³/mol. The molecule has 0 bridgehead atoms. The number of nitrogens with one attached hydrogen (secondary N) is 2. The predicted octanol–water partition coefficient (Wildman–Crippen LogP) is -0.192. The van der Waals surface area contributed by atoms with Crippen molar-refractivity contribution in [1.29, 1.82) is 0 Å². The summed E-state index contributed by atoms with van der Waals surface area (Å²) in [6.45, 7) is 1.02. The standard InChI is InChI=1S/C8H17N2O.CH4N.Y/c1-9-6-4-3-5-8(7-11)10-2;1-2;/h8-10H,3-6H2,1-2H3;1-2H2;/q2*-1;. The van der Waals surface area contributed by atoms with Gasteiger partial charge in [0, 0.05) is 32.7 Å². The second-order valence-corrected chi connectivity index (χ2v) is 2.56. The zero-order valence-corrected chi connectivity index (χ0v) is 12.0. The van der Waals surface area contributed by atoms with Gasteiger partial charge in [-0.1, -0.05) is 18.9 Å². The van der Waals surface area contributed by atoms with E-state index in [2.05, 4.69) is 23.4 Å². The van der Waals surface area contributed by atoms with E-state index >= 15 is 0 Å². The van der Waals surface area contributed by atoms with Crippen LogP contribution in [0, 0.1) is 7.05 Å². The van der Waals surface area contributed by atoms with E-state index in [0.29, 0.717) is 0 Å². The number of unbranched alkanes of at least 4 members (excludes halogenated alkanes) is 1. The summed E-state index contributed by atoms with van der Waals surface area (Å²) in [4.78, 5) is 10.2. The summed E-state index contributed by atoms with van der Waals surface area (Å²) < 4.78 is 0. The van der Waals surface area contributed by atoms with Crippen LogP contribution in [-0.2, 0) is 37.5 Å². The first-order valence-corrected chi connectivity index (χ1v) is 4.45. The summed E-state index contributed by atoms with van der Waals surface area (Å²) in [5, 5.41) is 5.94. The number of likely N-dealkylation sites (N-methyl/N-ethyl adjacent to an activating group) is 1. The van der Waals surface area contributed by atoms with Crippen molar-refractivity contribution in [2.75, 3.05) is 20.6 Å². The molecular weight excluding hydrogens is 255 g/mol. The van der Waals surface area contributed by atoms with Crippen molar-refractivity contribution < 1.29 is 37.5 Å². The first-order chi connectivity index (χ1) is 6.35. The van der Waals surface area contributed by atoms with Crippen LogP contribution in [-0.4, -0.2) is 33.0 Å². The van der Waals surface area contributed by atoms with Gasteiger partial charge in [0.25, 0.3) is 0 Å². The van der Waals surface area contributed by atoms with Crippen molar-refractivity contribution >= 4 is 6.29 Å². The van der Waals surface area contributed by atoms with Crippen LogP contribution >= 0.6 is 0 Å². The van der Waals surface area contributed by atoms with Gasteiger partial charge in [0.05, 0.1) is 0 Å². The summed E-state index contributed by atoms with van der Waals surface area (Å²) in [6, 6.07) is -0.0770. The third kappa shape index (κ3) is 15.1. The van der Waals surface area contributed by atoms with Crippen molar-refractivity contribution in [1.82, 2.24) is 10.6 Å². The van der Waals surface area contributed by atoms with E-state index in [1.165, 1.54) is 0 Å². The van der Waals surface area contributed by atoms with Gasteiger partial charge in [0.15, 0.2) is 0 Å². The number of hydrogen-bond acceptors (Lipinski definition) is 4. The first-order valence-electron chi connectivity index (χ1n) is 4.45. The van der Waals surface area contributed by atoms with Crippen LogP contribution in [0.3, 0.4) is 0 Å². The van der Waals surface area contributed by atoms with Crippen molar-refractivity contribution in [3.63, 3.8) is 0 Å². The molecule has 5 heteroatoms. The molecular formula is C9H21N3OY-2. The number of rotatable bonds is 7. The van der Waals surface area contributed by atoms with Crippen molar-refractivity contribution in [3.8, 4) is 0 Å². The van der Waals surface area contributed by atoms with Gasteiger partial charge in [-0.25, -0.2) is 6.29 Å². The van der Waals surface area contributed by atoms with Gasteiger partial charge in [-0.05, 0) is 27.1 Å². The van der Waals surface area contributed by atoms with E-state index in [0.717, 1.165) is 25.8 Å². The van der Waals surface area contributed by atoms with Gasteiger partial charge in [-0.3, -0.25) is 7.05 Å². The molecule has 1 unspecified atom stereocenters. The maximum atomic E-state index is 10.2. The fourth-order valence-corrected chi connectivity index (χ4v) is 0.912. The zero-order chi connectivity index (χ0) is 10.5. The molecule has 0 fully saturated rings. The second kappa shape index (κ2) is 19.3. The Balaban J connectivity index is -0.000000376. The monoisotopic (exact) mass is 276 g/mol. The van der Waals surface area contributed by atoms with Gasteiger partial charge in [0.1, 0.15) is 0 Å². The fourth-order valence-electron chi connectivity index (χ4n) is 0.912. The van der Waals surface area contributed by atoms with E-state index in [1.807, 2.05) is 13.3 Å². The number of nitrogens with two attached hydrogens (primary N) is 1. The summed E-state index contributed by atoms with van der Waals surface area (Å²) in [5.41, 5.74) is 4.25. The quantitative estimate of drug-likeness (QED) is 0.445. The average molecular weight is 276 g/mol. The minimum absolute atomic E-state index is 0. The Kier molecular flexibility index (Phi) is 27.7. The van der Waals surface area contributed by atoms with Crippen LogP contribution in [0.5, 0.6) is 0 Å². The molecule has 0 aliphatic carbocycles. The molecule has 0 aromatic carbocycles. The Bertz CT molecular complexity index is 104. The Hall–Kier alpha value is 0.654. The summed E-state index contributed by atoms with van der Waals surface area (Å²) in [7, 11) is 6.47. The smallest absolute Gasteiger partial charge is 0 e. The molecule has 0 aromatic heterocycles. The summed E-state index contributed by atoms with van der Waals surface area (Å²) >= 11 is 0. The summed E-state index contributed by atoms with van der Waals surface area (Å²) in [5.74, 6) is 0. The molecule has 14 heavy (non-hydrogen) atoms. The van der Waals surface area contributed by atoms with Crippen LogP contribution in [0.1, 0.15) is 19.3 Å². The van der Waals surface area contributed by atoms with Gasteiger partial charge in [-0.15, -0.1) is 0 Å². The molecule has 4 N–H and O–H groups in total. The SMILES string of the molecule is CNCCCCC([C-]=O)NC.[CH2-]N.[Y]. The molecule has 0 heterocycles. The van der Waals surface area contributed by atoms with Crippen LogP contribution in [0.2, 0.25) is 0 Å². The van der Waals surface area contributed by atoms with Gasteiger partial charge < -0.3 is 21.2 Å². The van der Waals surface area contributed by atoms with E-state index in [9.17, 15) is 4.79 Å². The van der Waals surface area contributed by atoms with E-state index in [4.69, 9.17) is 0 Å². The number of carbonyl (C=O) groups excluding carboxylic acids is 1. The molecule has 0 saturated heterocycles. The van der Waals surface area contributed by atoms with Crippen LogP contribution in [0.25, 0.3) is 0 Å². The van der Waals surface area contributed by atoms with Crippen molar-refractivity contribution in [2.24, 2.45) is 5.73 Å². The van der Waals surface area contributed by atoms with Crippen LogP contribution < -0.4 is 16.4 Å². The third-order valence-corrected chi connectivity index (χ3v) is 1.66. The molecule has 0 aliphatic rings. The average Bonchev–Trinajstić information content (AvgIpc) is 2.21. The Morgan fingerprint density at radius 3 is 2.29 bits per heavy atom. The Labute approximate surface area is 113 Å². The molecule has 0 aromatic rings. The Morgan fingerprint density at radius 2 is 1.93 bits per heavy atom. The molecule has 0 saturated carbocycles. The van der Waals surface area contributed by atoms with E-state index in [-0.39, 0.29) is 38.8 Å². The summed E-state index contributed by atoms with van der Waals surface area (Å²) in [6.07, 6.45) is 5.03.